The summed E-state index contributed by atoms with van der Waals surface area (Å²) in [4.78, 5) is 12.5. The summed E-state index contributed by atoms with van der Waals surface area (Å²) >= 11 is 7.45. The number of aryl methyl sites for hydroxylation is 1. The lowest BCUT2D eigenvalue weighted by molar-refractivity contribution is -0.113. The highest BCUT2D eigenvalue weighted by molar-refractivity contribution is 8.14. The van der Waals surface area contributed by atoms with Crippen LogP contribution in [0.5, 0.6) is 0 Å². The number of aliphatic hydroxyl groups is 1. The summed E-state index contributed by atoms with van der Waals surface area (Å²) in [6, 6.07) is 11.3. The molecular weight excluding hydrogens is 494 g/mol. The number of nitrogens with one attached hydrogen (secondary N) is 1. The fourth-order valence-electron chi connectivity index (χ4n) is 3.18. The molecule has 0 saturated heterocycles. The van der Waals surface area contributed by atoms with Gasteiger partial charge >= 0.3 is 0 Å². The van der Waals surface area contributed by atoms with E-state index in [9.17, 15) is 9.90 Å². The molecule has 3 rings (SSSR count). The number of halogens is 1. The highest BCUT2D eigenvalue weighted by Gasteiger charge is 2.24. The first-order valence-corrected chi connectivity index (χ1v) is 13.3. The first-order valence-electron chi connectivity index (χ1n) is 11.9. The lowest BCUT2D eigenvalue weighted by Crippen LogP contribution is -2.37. The van der Waals surface area contributed by atoms with Crippen LogP contribution in [0.4, 0.5) is 11.4 Å². The zero-order chi connectivity index (χ0) is 26.9. The predicted molar refractivity (Wildman–Crippen MR) is 153 cm³/mol. The third-order valence-electron chi connectivity index (χ3n) is 5.36. The van der Waals surface area contributed by atoms with Gasteiger partial charge in [0.15, 0.2) is 0 Å². The van der Waals surface area contributed by atoms with Crippen LogP contribution < -0.4 is 22.0 Å². The number of carbonyl (C=O) groups excluding carboxylic acids is 1. The van der Waals surface area contributed by atoms with E-state index in [0.29, 0.717) is 27.4 Å². The minimum atomic E-state index is -0.506. The normalized spacial score (nSPS) is 13.2. The van der Waals surface area contributed by atoms with E-state index in [0.717, 1.165) is 23.0 Å². The second-order valence-corrected chi connectivity index (χ2v) is 10.3. The molecule has 0 spiro atoms. The highest BCUT2D eigenvalue weighted by Crippen LogP contribution is 2.41. The standard InChI is InChI=1S/C25H30ClN5O2S.C2H6/c1-16-12-19(18-5-6-18)7-9-22(16)31(28)24(30-27)34-14-23(33)29-21-8-4-17(13-20(21)26)10-11-25(2,3)15-32;1-2/h4,7-9,12-13,18,32H,5-6,14-15,27-28H2,1-3H3,(H,29,33);1-2H3/b30-24+;. The summed E-state index contributed by atoms with van der Waals surface area (Å²) in [7, 11) is 0. The van der Waals surface area contributed by atoms with Crippen molar-refractivity contribution >= 4 is 45.8 Å². The molecule has 1 amide bonds. The average molecular weight is 530 g/mol. The van der Waals surface area contributed by atoms with Gasteiger partial charge in [-0.25, -0.2) is 5.84 Å². The van der Waals surface area contributed by atoms with Gasteiger partial charge in [0.1, 0.15) is 0 Å². The smallest absolute Gasteiger partial charge is 0.234 e. The number of rotatable bonds is 6. The third kappa shape index (κ3) is 8.45. The summed E-state index contributed by atoms with van der Waals surface area (Å²) < 4.78 is 0. The van der Waals surface area contributed by atoms with Gasteiger partial charge in [0.05, 0.1) is 28.8 Å². The molecule has 0 aliphatic heterocycles. The first kappa shape index (κ1) is 29.5. The molecule has 36 heavy (non-hydrogen) atoms. The van der Waals surface area contributed by atoms with Crippen LogP contribution in [0.15, 0.2) is 41.5 Å². The van der Waals surface area contributed by atoms with Gasteiger partial charge in [-0.1, -0.05) is 61.2 Å². The number of thioether (sulfide) groups is 1. The van der Waals surface area contributed by atoms with Gasteiger partial charge in [-0.05, 0) is 74.9 Å². The molecule has 0 bridgehead atoms. The van der Waals surface area contributed by atoms with Gasteiger partial charge in [0, 0.05) is 11.0 Å². The molecule has 1 aliphatic rings. The van der Waals surface area contributed by atoms with Gasteiger partial charge in [-0.2, -0.15) is 5.10 Å². The van der Waals surface area contributed by atoms with Gasteiger partial charge < -0.3 is 16.3 Å². The molecule has 0 atom stereocenters. The molecule has 0 unspecified atom stereocenters. The van der Waals surface area contributed by atoms with E-state index in [1.807, 2.05) is 40.7 Å². The lowest BCUT2D eigenvalue weighted by Gasteiger charge is -2.21. The molecule has 194 valence electrons. The topological polar surface area (TPSA) is 117 Å². The van der Waals surface area contributed by atoms with E-state index in [1.165, 1.54) is 23.4 Å². The Balaban J connectivity index is 0.00000222. The van der Waals surface area contributed by atoms with E-state index in [4.69, 9.17) is 23.3 Å². The molecule has 2 aromatic rings. The second kappa shape index (κ2) is 13.6. The van der Waals surface area contributed by atoms with Crippen LogP contribution in [0.2, 0.25) is 5.02 Å². The van der Waals surface area contributed by atoms with Crippen molar-refractivity contribution in [2.75, 3.05) is 22.7 Å². The second-order valence-electron chi connectivity index (χ2n) is 8.93. The molecule has 2 aromatic carbocycles. The monoisotopic (exact) mass is 529 g/mol. The van der Waals surface area contributed by atoms with Crippen molar-refractivity contribution in [3.8, 4) is 11.8 Å². The molecular formula is C27H36ClN5O2S. The Morgan fingerprint density at radius 1 is 1.28 bits per heavy atom. The van der Waals surface area contributed by atoms with Crippen LogP contribution >= 0.6 is 23.4 Å². The van der Waals surface area contributed by atoms with Crippen LogP contribution in [-0.4, -0.2) is 28.5 Å². The summed E-state index contributed by atoms with van der Waals surface area (Å²) in [6.07, 6.45) is 2.46. The van der Waals surface area contributed by atoms with Crippen LogP contribution in [0, 0.1) is 24.2 Å². The highest BCUT2D eigenvalue weighted by atomic mass is 35.5. The number of amides is 1. The summed E-state index contributed by atoms with van der Waals surface area (Å²) in [5.41, 5.74) is 3.79. The van der Waals surface area contributed by atoms with Crippen LogP contribution in [0.3, 0.4) is 0 Å². The molecule has 6 N–H and O–H groups in total. The number of anilines is 2. The number of benzene rings is 2. The van der Waals surface area contributed by atoms with E-state index in [-0.39, 0.29) is 18.3 Å². The number of hydrogen-bond donors (Lipinski definition) is 4. The van der Waals surface area contributed by atoms with Crippen molar-refractivity contribution in [3.63, 3.8) is 0 Å². The van der Waals surface area contributed by atoms with Crippen molar-refractivity contribution in [3.05, 3.63) is 58.1 Å². The Morgan fingerprint density at radius 2 is 1.97 bits per heavy atom. The maximum atomic E-state index is 12.5. The quantitative estimate of drug-likeness (QED) is 0.134. The maximum absolute atomic E-state index is 12.5. The van der Waals surface area contributed by atoms with E-state index < -0.39 is 5.41 Å². The first-order chi connectivity index (χ1) is 17.1. The van der Waals surface area contributed by atoms with Crippen LogP contribution in [0.1, 0.15) is 63.1 Å². The molecule has 1 saturated carbocycles. The number of carbonyl (C=O) groups is 1. The van der Waals surface area contributed by atoms with Gasteiger partial charge in [-0.3, -0.25) is 9.80 Å². The van der Waals surface area contributed by atoms with Gasteiger partial charge in [-0.15, -0.1) is 0 Å². The number of hydrazine groups is 1. The molecule has 1 fully saturated rings. The van der Waals surface area contributed by atoms with Crippen LogP contribution in [-0.2, 0) is 4.79 Å². The Morgan fingerprint density at radius 3 is 2.53 bits per heavy atom. The molecule has 9 heteroatoms. The number of hydrazone groups is 1. The summed E-state index contributed by atoms with van der Waals surface area (Å²) in [5.74, 6) is 18.2. The number of aliphatic hydroxyl groups excluding tert-OH is 1. The SMILES string of the molecule is CC.Cc1cc(C2CC2)ccc1N(N)/C(=N\N)SCC(=O)Nc1ccc(C#CC(C)(C)CO)cc1Cl. The van der Waals surface area contributed by atoms with Crippen molar-refractivity contribution in [2.24, 2.45) is 22.2 Å². The Labute approximate surface area is 223 Å². The molecule has 0 radical (unpaired) electrons. The minimum absolute atomic E-state index is 0.0425. The zero-order valence-corrected chi connectivity index (χ0v) is 23.1. The van der Waals surface area contributed by atoms with Crippen molar-refractivity contribution in [2.45, 2.75) is 53.4 Å². The van der Waals surface area contributed by atoms with Crippen molar-refractivity contribution in [1.82, 2.24) is 0 Å². The summed E-state index contributed by atoms with van der Waals surface area (Å²) in [5, 5.41) is 18.0. The Kier molecular flexibility index (Phi) is 11.1. The van der Waals surface area contributed by atoms with Crippen molar-refractivity contribution in [1.29, 1.82) is 0 Å². The Bertz CT molecular complexity index is 1150. The number of nitrogens with two attached hydrogens (primary N) is 2. The Hall–Kier alpha value is -2.70. The van der Waals surface area contributed by atoms with E-state index in [1.54, 1.807) is 18.2 Å². The molecule has 0 aromatic heterocycles. The van der Waals surface area contributed by atoms with Crippen molar-refractivity contribution < 1.29 is 9.90 Å². The van der Waals surface area contributed by atoms with Crippen LogP contribution in [0.25, 0.3) is 0 Å². The van der Waals surface area contributed by atoms with E-state index in [2.05, 4.69) is 34.4 Å². The largest absolute Gasteiger partial charge is 0.395 e. The molecule has 7 nitrogen and oxygen atoms in total. The number of amidine groups is 1. The fraction of sp³-hybridized carbons (Fsp3) is 0.407. The predicted octanol–water partition coefficient (Wildman–Crippen LogP) is 5.20. The third-order valence-corrected chi connectivity index (χ3v) is 6.64. The van der Waals surface area contributed by atoms with Gasteiger partial charge in [0.2, 0.25) is 11.1 Å². The van der Waals surface area contributed by atoms with Gasteiger partial charge in [0.25, 0.3) is 0 Å². The number of nitrogens with zero attached hydrogens (tertiary/aromatic N) is 2. The summed E-state index contributed by atoms with van der Waals surface area (Å²) in [6.45, 7) is 9.64. The number of hydrogen-bond acceptors (Lipinski definition) is 6. The average Bonchev–Trinajstić information content (AvgIpc) is 3.71. The fourth-order valence-corrected chi connectivity index (χ4v) is 4.06. The van der Waals surface area contributed by atoms with E-state index >= 15 is 0 Å². The lowest BCUT2D eigenvalue weighted by atomic mass is 9.95. The minimum Gasteiger partial charge on any atom is -0.395 e. The molecule has 0 heterocycles. The maximum Gasteiger partial charge on any atom is 0.234 e. The zero-order valence-electron chi connectivity index (χ0n) is 21.6. The molecule has 1 aliphatic carbocycles.